The van der Waals surface area contributed by atoms with E-state index in [0.717, 1.165) is 12.1 Å². The van der Waals surface area contributed by atoms with Crippen LogP contribution in [0.1, 0.15) is 12.5 Å². The van der Waals surface area contributed by atoms with Crippen molar-refractivity contribution < 1.29 is 9.53 Å². The molecule has 1 heterocycles. The minimum Gasteiger partial charge on any atom is -0.468 e. The largest absolute Gasteiger partial charge is 0.468 e. The molecule has 2 N–H and O–H groups in total. The van der Waals surface area contributed by atoms with Gasteiger partial charge in [-0.05, 0) is 12.5 Å². The van der Waals surface area contributed by atoms with Gasteiger partial charge in [-0.25, -0.2) is 0 Å². The van der Waals surface area contributed by atoms with E-state index in [1.54, 1.807) is 10.9 Å². The Morgan fingerprint density at radius 1 is 1.79 bits per heavy atom. The van der Waals surface area contributed by atoms with E-state index in [-0.39, 0.29) is 0 Å². The molecule has 78 valence electrons. The third kappa shape index (κ3) is 2.56. The van der Waals surface area contributed by atoms with Crippen molar-refractivity contribution in [1.29, 1.82) is 0 Å². The Labute approximate surface area is 82.8 Å². The summed E-state index contributed by atoms with van der Waals surface area (Å²) in [4.78, 5) is 11.0. The molecule has 1 aromatic heterocycles. The maximum atomic E-state index is 11.0. The zero-order valence-electron chi connectivity index (χ0n) is 8.43. The third-order valence-corrected chi connectivity index (χ3v) is 1.97. The fraction of sp³-hybridized carbons (Fsp3) is 0.556. The van der Waals surface area contributed by atoms with E-state index >= 15 is 0 Å². The standard InChI is InChI=1S/C9H15N3O2/c1-3-12-6-7(5-11-12)4-8(10)9(13)14-2/h5-6,8H,3-4,10H2,1-2H3. The van der Waals surface area contributed by atoms with Gasteiger partial charge in [0.15, 0.2) is 0 Å². The first-order valence-corrected chi connectivity index (χ1v) is 4.52. The van der Waals surface area contributed by atoms with Gasteiger partial charge in [0.05, 0.1) is 13.3 Å². The second kappa shape index (κ2) is 4.76. The highest BCUT2D eigenvalue weighted by atomic mass is 16.5. The number of esters is 1. The zero-order chi connectivity index (χ0) is 10.6. The minimum atomic E-state index is -0.602. The van der Waals surface area contributed by atoms with E-state index in [0.29, 0.717) is 6.42 Å². The molecule has 1 unspecified atom stereocenters. The number of nitrogens with two attached hydrogens (primary N) is 1. The first-order valence-electron chi connectivity index (χ1n) is 4.52. The van der Waals surface area contributed by atoms with Crippen LogP contribution in [0.3, 0.4) is 0 Å². The number of methoxy groups -OCH3 is 1. The SMILES string of the molecule is CCn1cc(CC(N)C(=O)OC)cn1. The van der Waals surface area contributed by atoms with Crippen molar-refractivity contribution in [1.82, 2.24) is 9.78 Å². The number of carbonyl (C=O) groups is 1. The fourth-order valence-electron chi connectivity index (χ4n) is 1.17. The smallest absolute Gasteiger partial charge is 0.322 e. The molecule has 1 rings (SSSR count). The number of aromatic nitrogens is 2. The van der Waals surface area contributed by atoms with Crippen molar-refractivity contribution in [2.24, 2.45) is 5.73 Å². The molecule has 0 aliphatic heterocycles. The molecule has 0 aliphatic carbocycles. The van der Waals surface area contributed by atoms with Crippen LogP contribution in [0.2, 0.25) is 0 Å². The van der Waals surface area contributed by atoms with Gasteiger partial charge in [-0.3, -0.25) is 9.48 Å². The lowest BCUT2D eigenvalue weighted by atomic mass is 10.1. The zero-order valence-corrected chi connectivity index (χ0v) is 8.43. The molecule has 1 atom stereocenters. The number of ether oxygens (including phenoxy) is 1. The summed E-state index contributed by atoms with van der Waals surface area (Å²) < 4.78 is 6.32. The predicted molar refractivity (Wildman–Crippen MR) is 51.6 cm³/mol. The molecule has 5 nitrogen and oxygen atoms in total. The Balaban J connectivity index is 2.55. The second-order valence-electron chi connectivity index (χ2n) is 3.04. The van der Waals surface area contributed by atoms with Gasteiger partial charge >= 0.3 is 5.97 Å². The van der Waals surface area contributed by atoms with Gasteiger partial charge in [0.25, 0.3) is 0 Å². The molecule has 1 aromatic rings. The van der Waals surface area contributed by atoms with Gasteiger partial charge in [-0.15, -0.1) is 0 Å². The van der Waals surface area contributed by atoms with Gasteiger partial charge in [0.1, 0.15) is 6.04 Å². The highest BCUT2D eigenvalue weighted by Crippen LogP contribution is 2.02. The Hall–Kier alpha value is -1.36. The van der Waals surface area contributed by atoms with Gasteiger partial charge in [0, 0.05) is 19.2 Å². The van der Waals surface area contributed by atoms with Crippen LogP contribution in [0.25, 0.3) is 0 Å². The maximum absolute atomic E-state index is 11.0. The summed E-state index contributed by atoms with van der Waals surface area (Å²) in [6, 6.07) is -0.602. The summed E-state index contributed by atoms with van der Waals surface area (Å²) in [5.74, 6) is -0.394. The maximum Gasteiger partial charge on any atom is 0.322 e. The highest BCUT2D eigenvalue weighted by molar-refractivity contribution is 5.75. The quantitative estimate of drug-likeness (QED) is 0.687. The van der Waals surface area contributed by atoms with Gasteiger partial charge in [-0.2, -0.15) is 5.10 Å². The molecule has 0 bridgehead atoms. The predicted octanol–water partition coefficient (Wildman–Crippen LogP) is -0.0542. The Morgan fingerprint density at radius 3 is 3.00 bits per heavy atom. The Morgan fingerprint density at radius 2 is 2.50 bits per heavy atom. The molecule has 5 heteroatoms. The lowest BCUT2D eigenvalue weighted by Gasteiger charge is -2.06. The van der Waals surface area contributed by atoms with E-state index in [4.69, 9.17) is 5.73 Å². The van der Waals surface area contributed by atoms with Crippen LogP contribution >= 0.6 is 0 Å². The van der Waals surface area contributed by atoms with Crippen molar-refractivity contribution in [2.75, 3.05) is 7.11 Å². The average Bonchev–Trinajstić information content (AvgIpc) is 2.64. The molecular weight excluding hydrogens is 182 g/mol. The topological polar surface area (TPSA) is 70.1 Å². The molecule has 0 radical (unpaired) electrons. The summed E-state index contributed by atoms with van der Waals surface area (Å²) in [5.41, 5.74) is 6.55. The van der Waals surface area contributed by atoms with Crippen LogP contribution in [0, 0.1) is 0 Å². The van der Waals surface area contributed by atoms with E-state index in [9.17, 15) is 4.79 Å². The van der Waals surface area contributed by atoms with E-state index in [1.165, 1.54) is 7.11 Å². The lowest BCUT2D eigenvalue weighted by molar-refractivity contribution is -0.142. The number of nitrogens with zero attached hydrogens (tertiary/aromatic N) is 2. The molecule has 0 aromatic carbocycles. The molecule has 0 amide bonds. The van der Waals surface area contributed by atoms with Gasteiger partial charge in [-0.1, -0.05) is 0 Å². The number of hydrogen-bond acceptors (Lipinski definition) is 4. The number of rotatable bonds is 4. The Kier molecular flexibility index (Phi) is 3.64. The fourth-order valence-corrected chi connectivity index (χ4v) is 1.17. The lowest BCUT2D eigenvalue weighted by Crippen LogP contribution is -2.33. The summed E-state index contributed by atoms with van der Waals surface area (Å²) in [7, 11) is 1.33. The van der Waals surface area contributed by atoms with Gasteiger partial charge in [0.2, 0.25) is 0 Å². The first kappa shape index (κ1) is 10.7. The third-order valence-electron chi connectivity index (χ3n) is 1.97. The van der Waals surface area contributed by atoms with Crippen LogP contribution in [0.5, 0.6) is 0 Å². The molecule has 0 saturated heterocycles. The summed E-state index contributed by atoms with van der Waals surface area (Å²) in [6.07, 6.45) is 4.06. The monoisotopic (exact) mass is 197 g/mol. The highest BCUT2D eigenvalue weighted by Gasteiger charge is 2.14. The van der Waals surface area contributed by atoms with Crippen LogP contribution in [-0.2, 0) is 22.5 Å². The molecule has 0 fully saturated rings. The van der Waals surface area contributed by atoms with Crippen molar-refractivity contribution in [3.05, 3.63) is 18.0 Å². The normalized spacial score (nSPS) is 12.5. The number of hydrogen-bond donors (Lipinski definition) is 1. The van der Waals surface area contributed by atoms with E-state index < -0.39 is 12.0 Å². The second-order valence-corrected chi connectivity index (χ2v) is 3.04. The van der Waals surface area contributed by atoms with E-state index in [1.807, 2.05) is 13.1 Å². The molecule has 14 heavy (non-hydrogen) atoms. The van der Waals surface area contributed by atoms with Crippen molar-refractivity contribution >= 4 is 5.97 Å². The Bertz CT molecular complexity index is 309. The van der Waals surface area contributed by atoms with Crippen molar-refractivity contribution in [2.45, 2.75) is 25.9 Å². The van der Waals surface area contributed by atoms with Crippen LogP contribution < -0.4 is 5.73 Å². The number of aryl methyl sites for hydroxylation is 1. The summed E-state index contributed by atoms with van der Waals surface area (Å²) >= 11 is 0. The van der Waals surface area contributed by atoms with Crippen LogP contribution in [0.15, 0.2) is 12.4 Å². The first-order chi connectivity index (χ1) is 6.67. The van der Waals surface area contributed by atoms with Crippen molar-refractivity contribution in [3.63, 3.8) is 0 Å². The van der Waals surface area contributed by atoms with Crippen LogP contribution in [0.4, 0.5) is 0 Å². The summed E-state index contributed by atoms with van der Waals surface area (Å²) in [6.45, 7) is 2.81. The molecule has 0 spiro atoms. The van der Waals surface area contributed by atoms with Crippen molar-refractivity contribution in [3.8, 4) is 0 Å². The van der Waals surface area contributed by atoms with Gasteiger partial charge < -0.3 is 10.5 Å². The number of carbonyl (C=O) groups excluding carboxylic acids is 1. The molecule has 0 aliphatic rings. The molecule has 0 saturated carbocycles. The minimum absolute atomic E-state index is 0.394. The summed E-state index contributed by atoms with van der Waals surface area (Å²) in [5, 5.41) is 4.08. The molecular formula is C9H15N3O2. The van der Waals surface area contributed by atoms with Crippen LogP contribution in [-0.4, -0.2) is 28.9 Å². The average molecular weight is 197 g/mol. The van der Waals surface area contributed by atoms with E-state index in [2.05, 4.69) is 9.84 Å².